The smallest absolute Gasteiger partial charge is 0.282 e. The summed E-state index contributed by atoms with van der Waals surface area (Å²) in [6, 6.07) is 6.35. The van der Waals surface area contributed by atoms with Gasteiger partial charge in [0.15, 0.2) is 9.84 Å². The molecule has 21 heavy (non-hydrogen) atoms. The molecule has 0 radical (unpaired) electrons. The van der Waals surface area contributed by atoms with Gasteiger partial charge in [0.2, 0.25) is 10.1 Å². The minimum absolute atomic E-state index is 0.250. The van der Waals surface area contributed by atoms with Gasteiger partial charge in [0, 0.05) is 19.8 Å². The Morgan fingerprint density at radius 2 is 1.90 bits per heavy atom. The van der Waals surface area contributed by atoms with E-state index < -0.39 is 9.84 Å². The molecule has 0 fully saturated rings. The number of anilines is 1. The van der Waals surface area contributed by atoms with Crippen molar-refractivity contribution >= 4 is 32.2 Å². The fourth-order valence-corrected chi connectivity index (χ4v) is 2.77. The van der Waals surface area contributed by atoms with E-state index in [4.69, 9.17) is 0 Å². The van der Waals surface area contributed by atoms with Crippen LogP contribution in [0, 0.1) is 0 Å². The van der Waals surface area contributed by atoms with Crippen molar-refractivity contribution in [3.8, 4) is 0 Å². The molecular weight excluding hydrogens is 312 g/mol. The van der Waals surface area contributed by atoms with Gasteiger partial charge in [-0.2, -0.15) is 0 Å². The van der Waals surface area contributed by atoms with Crippen LogP contribution in [-0.4, -0.2) is 37.8 Å². The molecule has 1 amide bonds. The fraction of sp³-hybridized carbons (Fsp3) is 0.250. The van der Waals surface area contributed by atoms with Crippen LogP contribution in [-0.2, 0) is 16.4 Å². The highest BCUT2D eigenvalue weighted by molar-refractivity contribution is 7.90. The molecule has 0 aliphatic heterocycles. The summed E-state index contributed by atoms with van der Waals surface area (Å²) in [7, 11) is -1.50. The molecule has 0 unspecified atom stereocenters. The second kappa shape index (κ2) is 6.19. The third-order valence-electron chi connectivity index (χ3n) is 2.64. The first-order valence-electron chi connectivity index (χ1n) is 5.98. The molecule has 1 aromatic carbocycles. The number of hydrogen-bond acceptors (Lipinski definition) is 7. The third-order valence-corrected chi connectivity index (χ3v) is 4.71. The summed E-state index contributed by atoms with van der Waals surface area (Å²) in [6.07, 6.45) is 1.15. The first kappa shape index (κ1) is 15.4. The summed E-state index contributed by atoms with van der Waals surface area (Å²) in [4.78, 5) is 12.1. The predicted octanol–water partition coefficient (Wildman–Crippen LogP) is 0.913. The zero-order valence-corrected chi connectivity index (χ0v) is 13.1. The number of aromatic nitrogens is 2. The summed E-state index contributed by atoms with van der Waals surface area (Å²) >= 11 is 1.16. The van der Waals surface area contributed by atoms with Gasteiger partial charge in [0.25, 0.3) is 5.91 Å². The summed E-state index contributed by atoms with van der Waals surface area (Å²) in [6.45, 7) is 0.289. The summed E-state index contributed by atoms with van der Waals surface area (Å²) in [5.74, 6) is -0.318. The van der Waals surface area contributed by atoms with Crippen LogP contribution in [0.1, 0.15) is 15.4 Å². The van der Waals surface area contributed by atoms with Crippen molar-refractivity contribution < 1.29 is 13.2 Å². The van der Waals surface area contributed by atoms with Crippen molar-refractivity contribution in [2.45, 2.75) is 11.4 Å². The Balaban J connectivity index is 1.98. The lowest BCUT2D eigenvalue weighted by molar-refractivity contribution is 0.0950. The Morgan fingerprint density at radius 3 is 2.43 bits per heavy atom. The third kappa shape index (κ3) is 3.99. The van der Waals surface area contributed by atoms with Crippen molar-refractivity contribution in [3.63, 3.8) is 0 Å². The molecule has 7 nitrogen and oxygen atoms in total. The Kier molecular flexibility index (Phi) is 4.53. The van der Waals surface area contributed by atoms with Gasteiger partial charge in [-0.25, -0.2) is 8.42 Å². The van der Waals surface area contributed by atoms with Crippen molar-refractivity contribution in [2.24, 2.45) is 0 Å². The zero-order chi connectivity index (χ0) is 15.5. The zero-order valence-electron chi connectivity index (χ0n) is 11.5. The van der Waals surface area contributed by atoms with E-state index in [0.717, 1.165) is 23.2 Å². The average Bonchev–Trinajstić information content (AvgIpc) is 2.93. The molecule has 0 spiro atoms. The lowest BCUT2D eigenvalue weighted by Crippen LogP contribution is -2.22. The molecule has 2 N–H and O–H groups in total. The van der Waals surface area contributed by atoms with E-state index in [1.54, 1.807) is 19.2 Å². The molecule has 1 aromatic heterocycles. The first-order valence-corrected chi connectivity index (χ1v) is 8.69. The first-order chi connectivity index (χ1) is 9.90. The van der Waals surface area contributed by atoms with Crippen molar-refractivity contribution in [1.82, 2.24) is 15.5 Å². The van der Waals surface area contributed by atoms with Crippen LogP contribution in [0.5, 0.6) is 0 Å². The molecule has 9 heteroatoms. The fourth-order valence-electron chi connectivity index (χ4n) is 1.53. The van der Waals surface area contributed by atoms with Gasteiger partial charge in [0.05, 0.1) is 4.90 Å². The minimum atomic E-state index is -3.20. The van der Waals surface area contributed by atoms with Crippen LogP contribution in [0.15, 0.2) is 29.2 Å². The van der Waals surface area contributed by atoms with Gasteiger partial charge in [-0.3, -0.25) is 4.79 Å². The van der Waals surface area contributed by atoms with E-state index in [-0.39, 0.29) is 22.4 Å². The average molecular weight is 326 g/mol. The molecular formula is C12H14N4O3S2. The van der Waals surface area contributed by atoms with E-state index in [1.807, 2.05) is 0 Å². The molecule has 0 aliphatic rings. The Bertz CT molecular complexity index is 738. The molecule has 0 saturated carbocycles. The number of nitrogens with one attached hydrogen (secondary N) is 2. The molecule has 0 bridgehead atoms. The number of benzene rings is 1. The number of sulfone groups is 1. The topological polar surface area (TPSA) is 101 Å². The van der Waals surface area contributed by atoms with Crippen molar-refractivity contribution in [1.29, 1.82) is 0 Å². The van der Waals surface area contributed by atoms with Gasteiger partial charge in [-0.15, -0.1) is 10.2 Å². The van der Waals surface area contributed by atoms with Gasteiger partial charge in [-0.1, -0.05) is 23.5 Å². The molecule has 0 saturated heterocycles. The maximum absolute atomic E-state index is 11.8. The maximum atomic E-state index is 11.8. The SMILES string of the molecule is CNc1nnc(C(=O)NCc2ccc(S(C)(=O)=O)cc2)s1. The number of carbonyl (C=O) groups is 1. The van der Waals surface area contributed by atoms with E-state index in [2.05, 4.69) is 20.8 Å². The monoisotopic (exact) mass is 326 g/mol. The van der Waals surface area contributed by atoms with Crippen LogP contribution in [0.3, 0.4) is 0 Å². The highest BCUT2D eigenvalue weighted by Crippen LogP contribution is 2.14. The van der Waals surface area contributed by atoms with Crippen LogP contribution in [0.4, 0.5) is 5.13 Å². The lowest BCUT2D eigenvalue weighted by atomic mass is 10.2. The molecule has 112 valence electrons. The summed E-state index contributed by atoms with van der Waals surface area (Å²) in [5, 5.41) is 13.9. The Morgan fingerprint density at radius 1 is 1.24 bits per heavy atom. The predicted molar refractivity (Wildman–Crippen MR) is 80.2 cm³/mol. The van der Waals surface area contributed by atoms with Gasteiger partial charge >= 0.3 is 0 Å². The number of carbonyl (C=O) groups excluding carboxylic acids is 1. The number of nitrogens with zero attached hydrogens (tertiary/aromatic N) is 2. The van der Waals surface area contributed by atoms with Gasteiger partial charge in [-0.05, 0) is 17.7 Å². The van der Waals surface area contributed by atoms with Crippen LogP contribution in [0.2, 0.25) is 0 Å². The minimum Gasteiger partial charge on any atom is -0.363 e. The number of rotatable bonds is 5. The van der Waals surface area contributed by atoms with Gasteiger partial charge in [0.1, 0.15) is 0 Å². The van der Waals surface area contributed by atoms with Crippen LogP contribution < -0.4 is 10.6 Å². The van der Waals surface area contributed by atoms with Gasteiger partial charge < -0.3 is 10.6 Å². The summed E-state index contributed by atoms with van der Waals surface area (Å²) < 4.78 is 22.7. The number of amides is 1. The number of hydrogen-bond donors (Lipinski definition) is 2. The van der Waals surface area contributed by atoms with E-state index in [9.17, 15) is 13.2 Å². The van der Waals surface area contributed by atoms with E-state index in [0.29, 0.717) is 5.13 Å². The molecule has 1 heterocycles. The largest absolute Gasteiger partial charge is 0.363 e. The molecule has 2 rings (SSSR count). The Hall–Kier alpha value is -2.00. The quantitative estimate of drug-likeness (QED) is 0.847. The summed E-state index contributed by atoms with van der Waals surface area (Å²) in [5.41, 5.74) is 0.800. The normalized spacial score (nSPS) is 11.1. The van der Waals surface area contributed by atoms with Crippen LogP contribution >= 0.6 is 11.3 Å². The second-order valence-corrected chi connectivity index (χ2v) is 7.25. The van der Waals surface area contributed by atoms with E-state index >= 15 is 0 Å². The lowest BCUT2D eigenvalue weighted by Gasteiger charge is -2.04. The highest BCUT2D eigenvalue weighted by Gasteiger charge is 2.12. The molecule has 0 atom stereocenters. The van der Waals surface area contributed by atoms with Crippen LogP contribution in [0.25, 0.3) is 0 Å². The highest BCUT2D eigenvalue weighted by atomic mass is 32.2. The van der Waals surface area contributed by atoms with E-state index in [1.165, 1.54) is 12.1 Å². The second-order valence-electron chi connectivity index (χ2n) is 4.26. The molecule has 0 aliphatic carbocycles. The maximum Gasteiger partial charge on any atom is 0.282 e. The Labute approximate surface area is 126 Å². The van der Waals surface area contributed by atoms with Crippen molar-refractivity contribution in [3.05, 3.63) is 34.8 Å². The standard InChI is InChI=1S/C12H14N4O3S2/c1-13-12-16-15-11(20-12)10(17)14-7-8-3-5-9(6-4-8)21(2,18)19/h3-6H,7H2,1-2H3,(H,13,16)(H,14,17). The van der Waals surface area contributed by atoms with Crippen molar-refractivity contribution in [2.75, 3.05) is 18.6 Å². The molecule has 2 aromatic rings.